The van der Waals surface area contributed by atoms with Crippen molar-refractivity contribution in [2.24, 2.45) is 10.8 Å². The molecule has 2 aromatic rings. The van der Waals surface area contributed by atoms with Crippen molar-refractivity contribution in [1.29, 1.82) is 0 Å². The predicted octanol–water partition coefficient (Wildman–Crippen LogP) is 7.64. The summed E-state index contributed by atoms with van der Waals surface area (Å²) in [7, 11) is 0. The highest BCUT2D eigenvalue weighted by molar-refractivity contribution is 5.21. The highest BCUT2D eigenvalue weighted by atomic mass is 14.2. The molecule has 0 unspecified atom stereocenters. The number of benzene rings is 2. The van der Waals surface area contributed by atoms with E-state index in [-0.39, 0.29) is 0 Å². The second kappa shape index (κ2) is 9.80. The van der Waals surface area contributed by atoms with Gasteiger partial charge in [-0.15, -0.1) is 0 Å². The monoisotopic (exact) mass is 338 g/mol. The van der Waals surface area contributed by atoms with E-state index in [9.17, 15) is 0 Å². The standard InChI is InChI=1S/C13H20.C12H18/c1-11-5-7-12(8-6-11)9-10-13(2,3)4;1-12(2,3)10-9-11-7-5-4-6-8-11/h5-8H,9-10H2,1-4H3;4-8H,9-10H2,1-3H3. The minimum Gasteiger partial charge on any atom is -0.0622 e. The van der Waals surface area contributed by atoms with Crippen LogP contribution in [0.2, 0.25) is 0 Å². The van der Waals surface area contributed by atoms with Crippen LogP contribution in [0.15, 0.2) is 54.6 Å². The molecule has 0 spiro atoms. The van der Waals surface area contributed by atoms with Crippen LogP contribution >= 0.6 is 0 Å². The summed E-state index contributed by atoms with van der Waals surface area (Å²) in [6.07, 6.45) is 4.92. The Bertz CT molecular complexity index is 577. The third-order valence-electron chi connectivity index (χ3n) is 4.29. The molecular weight excluding hydrogens is 300 g/mol. The summed E-state index contributed by atoms with van der Waals surface area (Å²) < 4.78 is 0. The van der Waals surface area contributed by atoms with Gasteiger partial charge in [0.15, 0.2) is 0 Å². The third kappa shape index (κ3) is 11.6. The number of aryl methyl sites for hydroxylation is 3. The summed E-state index contributed by atoms with van der Waals surface area (Å²) in [6, 6.07) is 19.5. The zero-order valence-electron chi connectivity index (χ0n) is 17.5. The molecule has 0 N–H and O–H groups in total. The van der Waals surface area contributed by atoms with E-state index in [4.69, 9.17) is 0 Å². The molecule has 25 heavy (non-hydrogen) atoms. The molecule has 0 fully saturated rings. The van der Waals surface area contributed by atoms with Crippen molar-refractivity contribution >= 4 is 0 Å². The zero-order chi connectivity index (χ0) is 18.9. The van der Waals surface area contributed by atoms with E-state index < -0.39 is 0 Å². The summed E-state index contributed by atoms with van der Waals surface area (Å²) in [5.74, 6) is 0. The normalized spacial score (nSPS) is 11.6. The molecule has 0 nitrogen and oxygen atoms in total. The maximum absolute atomic E-state index is 2.29. The molecule has 138 valence electrons. The molecule has 0 heteroatoms. The van der Waals surface area contributed by atoms with Gasteiger partial charge in [-0.25, -0.2) is 0 Å². The van der Waals surface area contributed by atoms with Crippen molar-refractivity contribution in [3.05, 3.63) is 71.3 Å². The van der Waals surface area contributed by atoms with E-state index in [0.717, 1.165) is 0 Å². The molecule has 0 bridgehead atoms. The number of rotatable bonds is 4. The highest BCUT2D eigenvalue weighted by Gasteiger charge is 2.10. The molecule has 0 radical (unpaired) electrons. The van der Waals surface area contributed by atoms with Gasteiger partial charge in [-0.05, 0) is 54.6 Å². The molecule has 0 saturated heterocycles. The average Bonchev–Trinajstić information content (AvgIpc) is 2.53. The van der Waals surface area contributed by atoms with Gasteiger partial charge in [0.25, 0.3) is 0 Å². The van der Waals surface area contributed by atoms with Gasteiger partial charge in [-0.1, -0.05) is 102 Å². The lowest BCUT2D eigenvalue weighted by atomic mass is 9.88. The molecule has 0 aliphatic carbocycles. The molecule has 0 aliphatic heterocycles. The fourth-order valence-corrected chi connectivity index (χ4v) is 2.44. The molecule has 0 saturated carbocycles. The van der Waals surface area contributed by atoms with Crippen LogP contribution in [0.1, 0.15) is 71.1 Å². The molecule has 2 aromatic carbocycles. The Balaban J connectivity index is 0.000000251. The smallest absolute Gasteiger partial charge is 0.0274 e. The SMILES string of the molecule is CC(C)(C)CCc1ccccc1.Cc1ccc(CCC(C)(C)C)cc1. The molecule has 2 rings (SSSR count). The third-order valence-corrected chi connectivity index (χ3v) is 4.29. The van der Waals surface area contributed by atoms with Crippen molar-refractivity contribution < 1.29 is 0 Å². The first-order chi connectivity index (χ1) is 11.6. The summed E-state index contributed by atoms with van der Waals surface area (Å²) in [4.78, 5) is 0. The van der Waals surface area contributed by atoms with Gasteiger partial charge in [-0.3, -0.25) is 0 Å². The van der Waals surface area contributed by atoms with Crippen LogP contribution in [-0.4, -0.2) is 0 Å². The fourth-order valence-electron chi connectivity index (χ4n) is 2.44. The van der Waals surface area contributed by atoms with Crippen LogP contribution < -0.4 is 0 Å². The zero-order valence-corrected chi connectivity index (χ0v) is 17.5. The number of hydrogen-bond donors (Lipinski definition) is 0. The van der Waals surface area contributed by atoms with E-state index in [2.05, 4.69) is 103 Å². The Kier molecular flexibility index (Phi) is 8.42. The predicted molar refractivity (Wildman–Crippen MR) is 113 cm³/mol. The van der Waals surface area contributed by atoms with Crippen LogP contribution in [0.25, 0.3) is 0 Å². The van der Waals surface area contributed by atoms with Gasteiger partial charge in [-0.2, -0.15) is 0 Å². The Hall–Kier alpha value is -1.56. The van der Waals surface area contributed by atoms with E-state index in [1.54, 1.807) is 0 Å². The number of hydrogen-bond acceptors (Lipinski definition) is 0. The second-order valence-electron chi connectivity index (χ2n) is 9.59. The average molecular weight is 339 g/mol. The quantitative estimate of drug-likeness (QED) is 0.537. The van der Waals surface area contributed by atoms with E-state index in [1.807, 2.05) is 0 Å². The summed E-state index contributed by atoms with van der Waals surface area (Å²) >= 11 is 0. The van der Waals surface area contributed by atoms with Crippen molar-refractivity contribution in [2.45, 2.75) is 74.1 Å². The molecule has 0 amide bonds. The van der Waals surface area contributed by atoms with Crippen LogP contribution in [0, 0.1) is 17.8 Å². The van der Waals surface area contributed by atoms with Crippen LogP contribution in [0.4, 0.5) is 0 Å². The van der Waals surface area contributed by atoms with E-state index in [0.29, 0.717) is 10.8 Å². The lowest BCUT2D eigenvalue weighted by molar-refractivity contribution is 0.378. The summed E-state index contributed by atoms with van der Waals surface area (Å²) in [5, 5.41) is 0. The first-order valence-corrected chi connectivity index (χ1v) is 9.65. The van der Waals surface area contributed by atoms with Crippen LogP contribution in [-0.2, 0) is 12.8 Å². The fraction of sp³-hybridized carbons (Fsp3) is 0.520. The molecular formula is C25H38. The Labute approximate surface area is 156 Å². The minimum absolute atomic E-state index is 0.449. The van der Waals surface area contributed by atoms with Gasteiger partial charge < -0.3 is 0 Å². The summed E-state index contributed by atoms with van der Waals surface area (Å²) in [6.45, 7) is 15.9. The van der Waals surface area contributed by atoms with Crippen LogP contribution in [0.5, 0.6) is 0 Å². The van der Waals surface area contributed by atoms with Crippen LogP contribution in [0.3, 0.4) is 0 Å². The van der Waals surface area contributed by atoms with E-state index >= 15 is 0 Å². The van der Waals surface area contributed by atoms with Gasteiger partial charge in [0.1, 0.15) is 0 Å². The van der Waals surface area contributed by atoms with Gasteiger partial charge in [0.2, 0.25) is 0 Å². The molecule has 0 atom stereocenters. The highest BCUT2D eigenvalue weighted by Crippen LogP contribution is 2.22. The van der Waals surface area contributed by atoms with Gasteiger partial charge in [0, 0.05) is 0 Å². The van der Waals surface area contributed by atoms with E-state index in [1.165, 1.54) is 42.4 Å². The van der Waals surface area contributed by atoms with Crippen molar-refractivity contribution in [3.63, 3.8) is 0 Å². The Morgan fingerprint density at radius 3 is 1.36 bits per heavy atom. The maximum Gasteiger partial charge on any atom is -0.0274 e. The van der Waals surface area contributed by atoms with Crippen molar-refractivity contribution in [3.8, 4) is 0 Å². The Morgan fingerprint density at radius 1 is 0.560 bits per heavy atom. The molecule has 0 aliphatic rings. The topological polar surface area (TPSA) is 0 Å². The summed E-state index contributed by atoms with van der Waals surface area (Å²) in [5.41, 5.74) is 5.16. The lowest BCUT2D eigenvalue weighted by Gasteiger charge is -2.17. The van der Waals surface area contributed by atoms with Gasteiger partial charge >= 0.3 is 0 Å². The molecule has 0 heterocycles. The first kappa shape index (κ1) is 21.5. The second-order valence-corrected chi connectivity index (χ2v) is 9.59. The van der Waals surface area contributed by atoms with Crippen molar-refractivity contribution in [1.82, 2.24) is 0 Å². The maximum atomic E-state index is 2.29. The first-order valence-electron chi connectivity index (χ1n) is 9.65. The largest absolute Gasteiger partial charge is 0.0622 e. The Morgan fingerprint density at radius 2 is 0.960 bits per heavy atom. The van der Waals surface area contributed by atoms with Gasteiger partial charge in [0.05, 0.1) is 0 Å². The lowest BCUT2D eigenvalue weighted by Crippen LogP contribution is -2.06. The molecule has 0 aromatic heterocycles. The van der Waals surface area contributed by atoms with Crippen molar-refractivity contribution in [2.75, 3.05) is 0 Å². The minimum atomic E-state index is 0.449.